The van der Waals surface area contributed by atoms with Crippen molar-refractivity contribution in [3.63, 3.8) is 0 Å². The molecular weight excluding hydrogens is 1560 g/mol. The van der Waals surface area contributed by atoms with Gasteiger partial charge in [-0.3, -0.25) is 86.3 Å². The maximum atomic E-state index is 14.2. The van der Waals surface area contributed by atoms with Gasteiger partial charge in [0.15, 0.2) is 0 Å². The Morgan fingerprint density at radius 2 is 0.808 bits per heavy atom. The summed E-state index contributed by atoms with van der Waals surface area (Å²) in [5.74, 6) is -20.4. The molecule has 0 bridgehead atoms. The molecule has 0 spiro atoms. The molecule has 1 saturated heterocycles. The highest BCUT2D eigenvalue weighted by molar-refractivity contribution is 6.01. The normalized spacial score (nSPS) is 16.8. The predicted molar refractivity (Wildman–Crippen MR) is 437 cm³/mol. The first-order valence-corrected chi connectivity index (χ1v) is 40.6. The Bertz CT molecular complexity index is 3850. The zero-order valence-electron chi connectivity index (χ0n) is 71.3. The third kappa shape index (κ3) is 34.2. The number of aliphatic carboxylic acids is 2. The van der Waals surface area contributed by atoms with Crippen LogP contribution in [0.15, 0.2) is 60.7 Å². The van der Waals surface area contributed by atoms with Crippen LogP contribution in [0.1, 0.15) is 167 Å². The lowest BCUT2D eigenvalue weighted by Gasteiger charge is -2.31. The van der Waals surface area contributed by atoms with Crippen LogP contribution < -0.4 is 85.5 Å². The molecule has 668 valence electrons. The monoisotopic (exact) mass is 1690 g/mol. The van der Waals surface area contributed by atoms with Crippen molar-refractivity contribution in [2.75, 3.05) is 26.2 Å². The van der Waals surface area contributed by atoms with Gasteiger partial charge in [0.25, 0.3) is 0 Å². The van der Waals surface area contributed by atoms with E-state index in [-0.39, 0.29) is 56.9 Å². The van der Waals surface area contributed by atoms with Gasteiger partial charge in [-0.05, 0) is 100 Å². The van der Waals surface area contributed by atoms with Gasteiger partial charge in [0, 0.05) is 19.4 Å². The molecule has 0 aromatic heterocycles. The smallest absolute Gasteiger partial charge is 0.322 e. The first-order valence-electron chi connectivity index (χ1n) is 40.6. The van der Waals surface area contributed by atoms with E-state index < -0.39 is 253 Å². The second kappa shape index (κ2) is 50.6. The Morgan fingerprint density at radius 1 is 0.408 bits per heavy atom. The molecule has 1 fully saturated rings. The van der Waals surface area contributed by atoms with Gasteiger partial charge in [-0.25, -0.2) is 0 Å². The van der Waals surface area contributed by atoms with Crippen LogP contribution >= 0.6 is 0 Å². The standard InChI is InChI=1S/C81H127N17O22/c1-17-44(11)64(95-74(113)57(39-99)92-72(111)55(35-51-28-23-20-24-29-51)89-75(114)58-30-25-31-98(58)81(120)48(15)87-69(108)52(82)32-40(3)4)76(115)83-37-59(101)88-54(34-50-26-21-19-22-27-50)71(110)86-47(14)68(107)93-63(43(9)10)78(117)97-66(49(16)100)80(119)94-62(42(7)8)77(116)91-56(36-60(102)103)73(112)96-65(45(12)18-2)79(118)90-53(33-41(5)6)70(109)85-46(13)67(106)84-38-61(104)105/h19-24,26-29,40-49,52-58,62-66,99-100H,17-18,25,30-39,82H2,1-16H3,(H,83,115)(H,84,106)(H,85,109)(H,86,110)(H,87,108)(H,88,101)(H,89,114)(H,90,118)(H,91,116)(H,92,111)(H,93,107)(H,94,119)(H,95,113)(H,96,112)(H,97,117)(H,102,103)(H,104,105)/t44-,45-,46-,47-,48-,49+,52-,53-,54-,55-,56-,57-,58-,62-,63-,64-,65-,66-/m0/s1. The van der Waals surface area contributed by atoms with Gasteiger partial charge < -0.3 is 111 Å². The number of hydrogen-bond acceptors (Lipinski definition) is 21. The van der Waals surface area contributed by atoms with Crippen molar-refractivity contribution in [1.29, 1.82) is 0 Å². The first-order chi connectivity index (χ1) is 56.2. The molecule has 18 atom stereocenters. The lowest BCUT2D eigenvalue weighted by Crippen LogP contribution is -2.63. The van der Waals surface area contributed by atoms with E-state index in [4.69, 9.17) is 10.8 Å². The number of benzene rings is 2. The second-order valence-electron chi connectivity index (χ2n) is 32.0. The highest BCUT2D eigenvalue weighted by Gasteiger charge is 2.42. The number of nitrogens with two attached hydrogens (primary N) is 1. The maximum Gasteiger partial charge on any atom is 0.322 e. The third-order valence-corrected chi connectivity index (χ3v) is 20.1. The molecule has 1 aliphatic rings. The van der Waals surface area contributed by atoms with Crippen LogP contribution in [0.25, 0.3) is 0 Å². The number of carboxylic acid groups (broad SMARTS) is 2. The van der Waals surface area contributed by atoms with Crippen molar-refractivity contribution in [3.8, 4) is 0 Å². The number of likely N-dealkylation sites (tertiary alicyclic amines) is 1. The molecule has 0 unspecified atom stereocenters. The van der Waals surface area contributed by atoms with E-state index in [2.05, 4.69) is 79.8 Å². The van der Waals surface area contributed by atoms with E-state index in [0.29, 0.717) is 24.0 Å². The summed E-state index contributed by atoms with van der Waals surface area (Å²) in [6.07, 6.45) is -1.46. The van der Waals surface area contributed by atoms with Gasteiger partial charge in [0.2, 0.25) is 94.5 Å². The van der Waals surface area contributed by atoms with Crippen LogP contribution in [0.3, 0.4) is 0 Å². The van der Waals surface area contributed by atoms with Crippen molar-refractivity contribution in [3.05, 3.63) is 71.8 Å². The fraction of sp³-hybridized carbons (Fsp3) is 0.630. The minimum absolute atomic E-state index is 0.0268. The Labute approximate surface area is 699 Å². The molecule has 0 aliphatic carbocycles. The largest absolute Gasteiger partial charge is 0.481 e. The number of rotatable bonds is 50. The van der Waals surface area contributed by atoms with Gasteiger partial charge >= 0.3 is 11.9 Å². The molecule has 16 amide bonds. The fourth-order valence-corrected chi connectivity index (χ4v) is 12.8. The minimum atomic E-state index is -1.91. The summed E-state index contributed by atoms with van der Waals surface area (Å²) in [5, 5.41) is 77.7. The molecule has 120 heavy (non-hydrogen) atoms. The van der Waals surface area contributed by atoms with Crippen molar-refractivity contribution in [2.24, 2.45) is 41.2 Å². The van der Waals surface area contributed by atoms with Crippen LogP contribution in [0.5, 0.6) is 0 Å². The zero-order chi connectivity index (χ0) is 90.7. The molecular formula is C81H127N17O22. The fourth-order valence-electron chi connectivity index (χ4n) is 12.8. The molecule has 0 saturated carbocycles. The highest BCUT2D eigenvalue weighted by Crippen LogP contribution is 2.21. The first kappa shape index (κ1) is 103. The summed E-state index contributed by atoms with van der Waals surface area (Å²) in [7, 11) is 0. The van der Waals surface area contributed by atoms with Crippen LogP contribution in [-0.2, 0) is 99.1 Å². The number of aliphatic hydroxyl groups is 2. The van der Waals surface area contributed by atoms with Crippen molar-refractivity contribution >= 4 is 106 Å². The summed E-state index contributed by atoms with van der Waals surface area (Å²) in [6.45, 7) is 22.7. The number of nitrogens with one attached hydrogen (secondary N) is 15. The number of aliphatic hydroxyl groups excluding tert-OH is 2. The van der Waals surface area contributed by atoms with Crippen LogP contribution in [0.2, 0.25) is 0 Å². The van der Waals surface area contributed by atoms with Gasteiger partial charge in [-0.1, -0.05) is 157 Å². The van der Waals surface area contributed by atoms with Crippen molar-refractivity contribution in [2.45, 2.75) is 265 Å². The van der Waals surface area contributed by atoms with Crippen molar-refractivity contribution < 1.29 is 107 Å². The van der Waals surface area contributed by atoms with E-state index in [9.17, 15) is 102 Å². The molecule has 2 aromatic rings. The molecule has 2 aromatic carbocycles. The van der Waals surface area contributed by atoms with Crippen LogP contribution in [0.4, 0.5) is 0 Å². The number of amides is 16. The third-order valence-electron chi connectivity index (χ3n) is 20.1. The van der Waals surface area contributed by atoms with Crippen LogP contribution in [0, 0.1) is 35.5 Å². The summed E-state index contributed by atoms with van der Waals surface area (Å²) in [6, 6.07) is -4.35. The van der Waals surface area contributed by atoms with Gasteiger partial charge in [-0.2, -0.15) is 0 Å². The van der Waals surface area contributed by atoms with E-state index in [1.165, 1.54) is 53.4 Å². The lowest BCUT2D eigenvalue weighted by molar-refractivity contribution is -0.142. The Balaban J connectivity index is 1.77. The average molecular weight is 1690 g/mol. The molecule has 21 N–H and O–H groups in total. The quantitative estimate of drug-likeness (QED) is 0.0310. The predicted octanol–water partition coefficient (Wildman–Crippen LogP) is -3.19. The molecule has 39 nitrogen and oxygen atoms in total. The zero-order valence-corrected chi connectivity index (χ0v) is 71.3. The van der Waals surface area contributed by atoms with E-state index in [0.717, 1.165) is 6.92 Å². The number of nitrogens with zero attached hydrogens (tertiary/aromatic N) is 1. The second-order valence-corrected chi connectivity index (χ2v) is 32.0. The van der Waals surface area contributed by atoms with Crippen molar-refractivity contribution in [1.82, 2.24) is 84.7 Å². The van der Waals surface area contributed by atoms with E-state index in [1.54, 1.807) is 102 Å². The number of carbonyl (C=O) groups excluding carboxylic acids is 16. The van der Waals surface area contributed by atoms with E-state index in [1.807, 2.05) is 13.8 Å². The summed E-state index contributed by atoms with van der Waals surface area (Å²) >= 11 is 0. The van der Waals surface area contributed by atoms with E-state index >= 15 is 0 Å². The van der Waals surface area contributed by atoms with Gasteiger partial charge in [0.1, 0.15) is 91.1 Å². The number of carbonyl (C=O) groups is 18. The number of hydrogen-bond donors (Lipinski definition) is 20. The van der Waals surface area contributed by atoms with Gasteiger partial charge in [0.05, 0.1) is 31.7 Å². The Morgan fingerprint density at radius 3 is 1.29 bits per heavy atom. The summed E-state index contributed by atoms with van der Waals surface area (Å²) in [5.41, 5.74) is 7.18. The molecule has 3 rings (SSSR count). The average Bonchev–Trinajstić information content (AvgIpc) is 1.78. The SMILES string of the molecule is CC[C@H](C)[C@H](NC(=O)[C@H](CO)NC(=O)[C@H](Cc1ccccc1)NC(=O)[C@@H]1CCCN1C(=O)[C@H](C)NC(=O)[C@@H](N)CC(C)C)C(=O)NCC(=O)N[C@@H](Cc1ccccc1)C(=O)N[C@@H](C)C(=O)N[C@H](C(=O)N[C@H](C(=O)N[C@H](C(=O)N[C@@H](CC(=O)O)C(=O)N[C@H](C(=O)N[C@@H](CC(C)C)C(=O)N[C@@H](C)C(=O)NCC(=O)O)[C@@H](C)CC)C(C)C)[C@@H](C)O)C(C)C. The molecule has 1 heterocycles. The Kier molecular flexibility index (Phi) is 43.5. The Hall–Kier alpha value is -11.2. The van der Waals surface area contributed by atoms with Gasteiger partial charge in [-0.15, -0.1) is 0 Å². The molecule has 1 aliphatic heterocycles. The molecule has 39 heteroatoms. The lowest BCUT2D eigenvalue weighted by atomic mass is 9.96. The molecule has 0 radical (unpaired) electrons. The minimum Gasteiger partial charge on any atom is -0.481 e. The van der Waals surface area contributed by atoms with Crippen LogP contribution in [-0.4, -0.2) is 255 Å². The topological polar surface area (TPSA) is 598 Å². The summed E-state index contributed by atoms with van der Waals surface area (Å²) < 4.78 is 0. The maximum absolute atomic E-state index is 14.2. The highest BCUT2D eigenvalue weighted by atomic mass is 16.4. The number of carboxylic acids is 2. The summed E-state index contributed by atoms with van der Waals surface area (Å²) in [4.78, 5) is 246.